The van der Waals surface area contributed by atoms with Crippen LogP contribution in [0.5, 0.6) is 17.2 Å². The Kier molecular flexibility index (Phi) is 5.70. The van der Waals surface area contributed by atoms with Crippen LogP contribution in [0.1, 0.15) is 5.56 Å². The Bertz CT molecular complexity index is 480. The lowest BCUT2D eigenvalue weighted by Crippen LogP contribution is -2.09. The highest BCUT2D eigenvalue weighted by atomic mass is 19.3. The molecule has 110 valence electrons. The van der Waals surface area contributed by atoms with Gasteiger partial charge < -0.3 is 14.2 Å². The highest BCUT2D eigenvalue weighted by molar-refractivity contribution is 5.61. The van der Waals surface area contributed by atoms with Crippen LogP contribution >= 0.6 is 0 Å². The molecule has 0 N–H and O–H groups in total. The molecule has 8 heteroatoms. The number of nitrogens with zero attached hydrogens (tertiary/aromatic N) is 1. The number of rotatable bonds is 7. The van der Waals surface area contributed by atoms with Crippen molar-refractivity contribution < 1.29 is 27.9 Å². The van der Waals surface area contributed by atoms with Crippen molar-refractivity contribution in [3.63, 3.8) is 0 Å². The molecular weight excluding hydrogens is 276 g/mol. The molecule has 0 saturated heterocycles. The lowest BCUT2D eigenvalue weighted by Gasteiger charge is -2.14. The van der Waals surface area contributed by atoms with Gasteiger partial charge in [-0.2, -0.15) is 0 Å². The molecule has 0 fully saturated rings. The van der Waals surface area contributed by atoms with Crippen molar-refractivity contribution >= 4 is 6.08 Å². The van der Waals surface area contributed by atoms with Crippen molar-refractivity contribution in [2.24, 2.45) is 0 Å². The number of alkyl halides is 2. The molecule has 0 aliphatic rings. The Balaban J connectivity index is 3.13. The fraction of sp³-hybridized carbons (Fsp3) is 0.333. The van der Waals surface area contributed by atoms with Crippen LogP contribution in [0.3, 0.4) is 0 Å². The van der Waals surface area contributed by atoms with E-state index in [1.165, 1.54) is 32.4 Å². The van der Waals surface area contributed by atoms with Gasteiger partial charge in [-0.3, -0.25) is 10.1 Å². The van der Waals surface area contributed by atoms with Crippen molar-refractivity contribution in [2.75, 3.05) is 20.8 Å². The largest absolute Gasteiger partial charge is 0.493 e. The van der Waals surface area contributed by atoms with Crippen LogP contribution < -0.4 is 14.2 Å². The van der Waals surface area contributed by atoms with E-state index < -0.39 is 18.0 Å². The molecule has 0 atom stereocenters. The van der Waals surface area contributed by atoms with Crippen LogP contribution in [0.25, 0.3) is 6.08 Å². The number of methoxy groups -OCH3 is 2. The first-order chi connectivity index (χ1) is 9.47. The van der Waals surface area contributed by atoms with Crippen LogP contribution in [-0.2, 0) is 0 Å². The average Bonchev–Trinajstić information content (AvgIpc) is 2.42. The zero-order valence-corrected chi connectivity index (χ0v) is 10.8. The third-order valence-corrected chi connectivity index (χ3v) is 2.23. The van der Waals surface area contributed by atoms with Gasteiger partial charge in [-0.1, -0.05) is 0 Å². The molecule has 20 heavy (non-hydrogen) atoms. The van der Waals surface area contributed by atoms with E-state index in [1.54, 1.807) is 0 Å². The highest BCUT2D eigenvalue weighted by Gasteiger charge is 2.15. The third-order valence-electron chi connectivity index (χ3n) is 2.23. The average molecular weight is 289 g/mol. The topological polar surface area (TPSA) is 70.8 Å². The standard InChI is InChI=1S/C12H13F2NO5/c1-18-9-5-8(3-4-15(16)17)6-10(19-2)12(9)20-7-11(13)14/h3-6,11H,7H2,1-2H3. The molecule has 0 saturated carbocycles. The van der Waals surface area contributed by atoms with Crippen molar-refractivity contribution in [2.45, 2.75) is 6.43 Å². The van der Waals surface area contributed by atoms with Gasteiger partial charge in [-0.25, -0.2) is 8.78 Å². The first-order valence-electron chi connectivity index (χ1n) is 5.46. The fourth-order valence-electron chi connectivity index (χ4n) is 1.43. The van der Waals surface area contributed by atoms with E-state index in [0.29, 0.717) is 5.56 Å². The summed E-state index contributed by atoms with van der Waals surface area (Å²) in [4.78, 5) is 9.65. The molecule has 0 aliphatic heterocycles. The molecule has 0 unspecified atom stereocenters. The molecule has 0 bridgehead atoms. The molecule has 0 aromatic heterocycles. The summed E-state index contributed by atoms with van der Waals surface area (Å²) >= 11 is 0. The second-order valence-corrected chi connectivity index (χ2v) is 3.56. The van der Waals surface area contributed by atoms with Gasteiger partial charge in [0.25, 0.3) is 6.43 Å². The lowest BCUT2D eigenvalue weighted by atomic mass is 10.2. The minimum absolute atomic E-state index is 0.0218. The Morgan fingerprint density at radius 2 is 1.85 bits per heavy atom. The van der Waals surface area contributed by atoms with Gasteiger partial charge in [0.15, 0.2) is 11.5 Å². The zero-order valence-electron chi connectivity index (χ0n) is 10.8. The smallest absolute Gasteiger partial charge is 0.272 e. The molecule has 1 aromatic carbocycles. The molecule has 1 rings (SSSR count). The number of hydrogen-bond donors (Lipinski definition) is 0. The Morgan fingerprint density at radius 3 is 2.25 bits per heavy atom. The summed E-state index contributed by atoms with van der Waals surface area (Å²) in [7, 11) is 2.65. The van der Waals surface area contributed by atoms with Crippen LogP contribution in [-0.4, -0.2) is 32.2 Å². The first-order valence-corrected chi connectivity index (χ1v) is 5.46. The molecule has 1 aromatic rings. The molecular formula is C12H13F2NO5. The van der Waals surface area contributed by atoms with E-state index >= 15 is 0 Å². The van der Waals surface area contributed by atoms with Crippen LogP contribution in [0.15, 0.2) is 18.3 Å². The highest BCUT2D eigenvalue weighted by Crippen LogP contribution is 2.39. The fourth-order valence-corrected chi connectivity index (χ4v) is 1.43. The first kappa shape index (κ1) is 15.7. The van der Waals surface area contributed by atoms with Gasteiger partial charge in [0.2, 0.25) is 11.9 Å². The van der Waals surface area contributed by atoms with E-state index in [4.69, 9.17) is 14.2 Å². The summed E-state index contributed by atoms with van der Waals surface area (Å²) in [5.41, 5.74) is 0.416. The van der Waals surface area contributed by atoms with Crippen LogP contribution in [0, 0.1) is 10.1 Å². The minimum Gasteiger partial charge on any atom is -0.493 e. The maximum Gasteiger partial charge on any atom is 0.272 e. The second-order valence-electron chi connectivity index (χ2n) is 3.56. The molecule has 0 heterocycles. The molecule has 0 aliphatic carbocycles. The van der Waals surface area contributed by atoms with Crippen molar-refractivity contribution in [3.8, 4) is 17.2 Å². The van der Waals surface area contributed by atoms with Gasteiger partial charge in [-0.15, -0.1) is 0 Å². The van der Waals surface area contributed by atoms with Gasteiger partial charge in [-0.05, 0) is 17.7 Å². The van der Waals surface area contributed by atoms with E-state index in [9.17, 15) is 18.9 Å². The van der Waals surface area contributed by atoms with Gasteiger partial charge in [0.05, 0.1) is 19.1 Å². The monoisotopic (exact) mass is 289 g/mol. The molecule has 0 amide bonds. The van der Waals surface area contributed by atoms with Crippen molar-refractivity contribution in [1.29, 1.82) is 0 Å². The molecule has 0 radical (unpaired) electrons. The Hall–Kier alpha value is -2.38. The van der Waals surface area contributed by atoms with E-state index in [1.807, 2.05) is 0 Å². The summed E-state index contributed by atoms with van der Waals surface area (Å²) in [5.74, 6) is 0.314. The van der Waals surface area contributed by atoms with E-state index in [0.717, 1.165) is 6.20 Å². The normalized spacial score (nSPS) is 10.8. The number of halogens is 2. The molecule has 0 spiro atoms. The predicted molar refractivity (Wildman–Crippen MR) is 67.1 cm³/mol. The third kappa shape index (κ3) is 4.38. The van der Waals surface area contributed by atoms with E-state index in [-0.39, 0.29) is 17.2 Å². The van der Waals surface area contributed by atoms with Gasteiger partial charge in [0.1, 0.15) is 6.61 Å². The number of benzene rings is 1. The summed E-state index contributed by atoms with van der Waals surface area (Å²) in [6, 6.07) is 2.84. The number of ether oxygens (including phenoxy) is 3. The Morgan fingerprint density at radius 1 is 1.30 bits per heavy atom. The van der Waals surface area contributed by atoms with Crippen LogP contribution in [0.2, 0.25) is 0 Å². The Labute approximate surface area is 113 Å². The van der Waals surface area contributed by atoms with Gasteiger partial charge >= 0.3 is 0 Å². The van der Waals surface area contributed by atoms with Crippen LogP contribution in [0.4, 0.5) is 8.78 Å². The number of nitro groups is 1. The number of hydrogen-bond acceptors (Lipinski definition) is 5. The molecule has 6 nitrogen and oxygen atoms in total. The van der Waals surface area contributed by atoms with E-state index in [2.05, 4.69) is 0 Å². The quantitative estimate of drug-likeness (QED) is 0.570. The summed E-state index contributed by atoms with van der Waals surface area (Å²) in [6.45, 7) is -0.809. The minimum atomic E-state index is -2.64. The van der Waals surface area contributed by atoms with Crippen molar-refractivity contribution in [1.82, 2.24) is 0 Å². The summed E-state index contributed by atoms with van der Waals surface area (Å²) in [6.07, 6.45) is -0.672. The SMILES string of the molecule is COc1cc(C=C[N+](=O)[O-])cc(OC)c1OCC(F)F. The summed E-state index contributed by atoms with van der Waals surface area (Å²) < 4.78 is 39.3. The predicted octanol–water partition coefficient (Wildman–Crippen LogP) is 2.60. The maximum absolute atomic E-state index is 12.2. The maximum atomic E-state index is 12.2. The van der Waals surface area contributed by atoms with Gasteiger partial charge in [0, 0.05) is 6.08 Å². The second kappa shape index (κ2) is 7.27. The lowest BCUT2D eigenvalue weighted by molar-refractivity contribution is -0.400. The summed E-state index contributed by atoms with van der Waals surface area (Å²) in [5, 5.41) is 10.3. The zero-order chi connectivity index (χ0) is 15.1. The van der Waals surface area contributed by atoms with Crippen molar-refractivity contribution in [3.05, 3.63) is 34.0 Å².